The average Bonchev–Trinajstić information content (AvgIpc) is 2.62. The lowest BCUT2D eigenvalue weighted by atomic mass is 10.1. The standard InChI is InChI=1S/C12H21N3O4/c16-10(13-8-11(17)18)7-14-12(19)15-9-5-3-1-2-4-6-9/h9H,1-8H2,(H,13,16)(H,17,18)(H2,14,15,19). The highest BCUT2D eigenvalue weighted by molar-refractivity contribution is 5.86. The Kier molecular flexibility index (Phi) is 6.70. The second-order valence-electron chi connectivity index (χ2n) is 4.69. The van der Waals surface area contributed by atoms with E-state index in [1.807, 2.05) is 0 Å². The van der Waals surface area contributed by atoms with E-state index < -0.39 is 18.4 Å². The minimum atomic E-state index is -1.11. The van der Waals surface area contributed by atoms with Gasteiger partial charge in [-0.15, -0.1) is 0 Å². The molecule has 1 rings (SSSR count). The van der Waals surface area contributed by atoms with Crippen LogP contribution in [0.2, 0.25) is 0 Å². The van der Waals surface area contributed by atoms with E-state index in [1.54, 1.807) is 0 Å². The quantitative estimate of drug-likeness (QED) is 0.536. The number of hydrogen-bond donors (Lipinski definition) is 4. The molecule has 0 spiro atoms. The molecule has 0 bridgehead atoms. The molecule has 0 saturated heterocycles. The molecular formula is C12H21N3O4. The summed E-state index contributed by atoms with van der Waals surface area (Å²) in [6.07, 6.45) is 6.58. The smallest absolute Gasteiger partial charge is 0.322 e. The molecule has 7 nitrogen and oxygen atoms in total. The molecule has 0 unspecified atom stereocenters. The van der Waals surface area contributed by atoms with Gasteiger partial charge in [-0.3, -0.25) is 9.59 Å². The highest BCUT2D eigenvalue weighted by atomic mass is 16.4. The lowest BCUT2D eigenvalue weighted by molar-refractivity contribution is -0.137. The van der Waals surface area contributed by atoms with E-state index in [9.17, 15) is 14.4 Å². The second kappa shape index (κ2) is 8.34. The Bertz CT molecular complexity index is 325. The fraction of sp³-hybridized carbons (Fsp3) is 0.750. The SMILES string of the molecule is O=C(O)CNC(=O)CNC(=O)NC1CCCCCC1. The Labute approximate surface area is 112 Å². The van der Waals surface area contributed by atoms with E-state index >= 15 is 0 Å². The van der Waals surface area contributed by atoms with Crippen molar-refractivity contribution >= 4 is 17.9 Å². The fourth-order valence-corrected chi connectivity index (χ4v) is 2.06. The van der Waals surface area contributed by atoms with Crippen molar-refractivity contribution < 1.29 is 19.5 Å². The molecule has 4 N–H and O–H groups in total. The topological polar surface area (TPSA) is 108 Å². The van der Waals surface area contributed by atoms with Crippen LogP contribution in [0.3, 0.4) is 0 Å². The maximum Gasteiger partial charge on any atom is 0.322 e. The lowest BCUT2D eigenvalue weighted by Gasteiger charge is -2.16. The zero-order chi connectivity index (χ0) is 14.1. The van der Waals surface area contributed by atoms with Crippen molar-refractivity contribution in [2.75, 3.05) is 13.1 Å². The van der Waals surface area contributed by atoms with Crippen molar-refractivity contribution in [3.8, 4) is 0 Å². The summed E-state index contributed by atoms with van der Waals surface area (Å²) in [6.45, 7) is -0.656. The molecule has 1 saturated carbocycles. The Morgan fingerprint density at radius 1 is 0.947 bits per heavy atom. The maximum atomic E-state index is 11.5. The molecule has 3 amide bonds. The molecule has 19 heavy (non-hydrogen) atoms. The summed E-state index contributed by atoms with van der Waals surface area (Å²) in [4.78, 5) is 33.0. The van der Waals surface area contributed by atoms with Crippen molar-refractivity contribution in [2.24, 2.45) is 0 Å². The van der Waals surface area contributed by atoms with Crippen molar-refractivity contribution in [3.05, 3.63) is 0 Å². The van der Waals surface area contributed by atoms with Crippen molar-refractivity contribution in [2.45, 2.75) is 44.6 Å². The van der Waals surface area contributed by atoms with Crippen LogP contribution in [0.4, 0.5) is 4.79 Å². The number of amides is 3. The summed E-state index contributed by atoms with van der Waals surface area (Å²) in [5.41, 5.74) is 0. The fourth-order valence-electron chi connectivity index (χ4n) is 2.06. The van der Waals surface area contributed by atoms with Crippen molar-refractivity contribution in [1.29, 1.82) is 0 Å². The third kappa shape index (κ3) is 7.28. The van der Waals surface area contributed by atoms with Gasteiger partial charge >= 0.3 is 12.0 Å². The molecule has 1 aliphatic rings. The van der Waals surface area contributed by atoms with Crippen LogP contribution in [-0.4, -0.2) is 42.1 Å². The number of carboxylic acid groups (broad SMARTS) is 1. The molecule has 0 atom stereocenters. The van der Waals surface area contributed by atoms with E-state index in [0.29, 0.717) is 0 Å². The van der Waals surface area contributed by atoms with Gasteiger partial charge in [-0.2, -0.15) is 0 Å². The number of nitrogens with one attached hydrogen (secondary N) is 3. The van der Waals surface area contributed by atoms with Gasteiger partial charge in [0.2, 0.25) is 5.91 Å². The first kappa shape index (κ1) is 15.3. The van der Waals surface area contributed by atoms with Gasteiger partial charge in [-0.25, -0.2) is 4.79 Å². The molecule has 108 valence electrons. The number of aliphatic carboxylic acids is 1. The van der Waals surface area contributed by atoms with E-state index in [2.05, 4.69) is 16.0 Å². The predicted octanol–water partition coefficient (Wildman–Crippen LogP) is 0.209. The number of carbonyl (C=O) groups excluding carboxylic acids is 2. The van der Waals surface area contributed by atoms with Gasteiger partial charge in [-0.1, -0.05) is 25.7 Å². The van der Waals surface area contributed by atoms with Crippen LogP contribution in [0.1, 0.15) is 38.5 Å². The summed E-state index contributed by atoms with van der Waals surface area (Å²) in [5, 5.41) is 15.8. The monoisotopic (exact) mass is 271 g/mol. The number of carbonyl (C=O) groups is 3. The lowest BCUT2D eigenvalue weighted by Crippen LogP contribution is -2.46. The molecule has 0 aromatic heterocycles. The van der Waals surface area contributed by atoms with E-state index in [-0.39, 0.29) is 18.6 Å². The van der Waals surface area contributed by atoms with Crippen LogP contribution in [0.5, 0.6) is 0 Å². The largest absolute Gasteiger partial charge is 0.480 e. The van der Waals surface area contributed by atoms with Crippen LogP contribution < -0.4 is 16.0 Å². The Hall–Kier alpha value is -1.79. The first-order chi connectivity index (χ1) is 9.08. The molecule has 1 aliphatic carbocycles. The summed E-state index contributed by atoms with van der Waals surface area (Å²) >= 11 is 0. The number of hydrogen-bond acceptors (Lipinski definition) is 3. The number of rotatable bonds is 5. The summed E-state index contributed by atoms with van der Waals surface area (Å²) < 4.78 is 0. The van der Waals surface area contributed by atoms with E-state index in [1.165, 1.54) is 12.8 Å². The van der Waals surface area contributed by atoms with Gasteiger partial charge in [0.25, 0.3) is 0 Å². The third-order valence-electron chi connectivity index (χ3n) is 3.04. The van der Waals surface area contributed by atoms with E-state index in [4.69, 9.17) is 5.11 Å². The second-order valence-corrected chi connectivity index (χ2v) is 4.69. The van der Waals surface area contributed by atoms with Gasteiger partial charge in [0, 0.05) is 6.04 Å². The first-order valence-electron chi connectivity index (χ1n) is 6.61. The van der Waals surface area contributed by atoms with Gasteiger partial charge in [0.1, 0.15) is 6.54 Å². The Morgan fingerprint density at radius 3 is 2.16 bits per heavy atom. The molecule has 0 aliphatic heterocycles. The van der Waals surface area contributed by atoms with Crippen LogP contribution in [-0.2, 0) is 9.59 Å². The van der Waals surface area contributed by atoms with Gasteiger partial charge in [0.15, 0.2) is 0 Å². The molecular weight excluding hydrogens is 250 g/mol. The third-order valence-corrected chi connectivity index (χ3v) is 3.04. The van der Waals surface area contributed by atoms with Crippen molar-refractivity contribution in [1.82, 2.24) is 16.0 Å². The van der Waals surface area contributed by atoms with Gasteiger partial charge < -0.3 is 21.1 Å². The molecule has 1 fully saturated rings. The number of carboxylic acids is 1. The van der Waals surface area contributed by atoms with Crippen molar-refractivity contribution in [3.63, 3.8) is 0 Å². The minimum Gasteiger partial charge on any atom is -0.480 e. The molecule has 0 heterocycles. The zero-order valence-electron chi connectivity index (χ0n) is 10.9. The highest BCUT2D eigenvalue weighted by Crippen LogP contribution is 2.16. The van der Waals surface area contributed by atoms with Crippen LogP contribution >= 0.6 is 0 Å². The van der Waals surface area contributed by atoms with Crippen LogP contribution in [0.15, 0.2) is 0 Å². The Morgan fingerprint density at radius 2 is 1.58 bits per heavy atom. The van der Waals surface area contributed by atoms with Crippen LogP contribution in [0, 0.1) is 0 Å². The van der Waals surface area contributed by atoms with Gasteiger partial charge in [-0.05, 0) is 12.8 Å². The summed E-state index contributed by atoms with van der Waals surface area (Å²) in [7, 11) is 0. The molecule has 0 aromatic carbocycles. The van der Waals surface area contributed by atoms with Gasteiger partial charge in [0.05, 0.1) is 6.54 Å². The maximum absolute atomic E-state index is 11.5. The highest BCUT2D eigenvalue weighted by Gasteiger charge is 2.14. The predicted molar refractivity (Wildman–Crippen MR) is 68.7 cm³/mol. The summed E-state index contributed by atoms with van der Waals surface area (Å²) in [6, 6.07) is -0.207. The first-order valence-corrected chi connectivity index (χ1v) is 6.61. The molecule has 7 heteroatoms. The summed E-state index contributed by atoms with van der Waals surface area (Å²) in [5.74, 6) is -1.63. The molecule has 0 radical (unpaired) electrons. The molecule has 0 aromatic rings. The normalized spacial score (nSPS) is 16.2. The zero-order valence-corrected chi connectivity index (χ0v) is 10.9. The average molecular weight is 271 g/mol. The Balaban J connectivity index is 2.16. The number of urea groups is 1. The minimum absolute atomic E-state index is 0.171. The van der Waals surface area contributed by atoms with Crippen LogP contribution in [0.25, 0.3) is 0 Å². The van der Waals surface area contributed by atoms with E-state index in [0.717, 1.165) is 25.7 Å².